The third-order valence-corrected chi connectivity index (χ3v) is 9.34. The summed E-state index contributed by atoms with van der Waals surface area (Å²) in [6.07, 6.45) is 10.7. The molecule has 1 amide bonds. The standard InChI is InChI=1S/C26H33NO2/c1-16-4-6-17(7-5-16)24(29)21-10-9-19-18-8-11-22-26(3,15-13-23(28)27-22)20(18)12-14-25(19,21)2/h4-7,13,15,18-22H,8-12,14H2,1-3H3,(H,27,28)/t18-,19-,20-,21+,22+,25-,26+/m0/s1. The number of Topliss-reactive ketones (excluding diaryl/α,β-unsaturated/α-hetero) is 1. The average Bonchev–Trinajstić information content (AvgIpc) is 3.06. The number of hydrogen-bond donors (Lipinski definition) is 1. The first kappa shape index (κ1) is 19.1. The van der Waals surface area contributed by atoms with Crippen LogP contribution in [0.3, 0.4) is 0 Å². The number of rotatable bonds is 2. The van der Waals surface area contributed by atoms with Gasteiger partial charge in [-0.05, 0) is 74.7 Å². The van der Waals surface area contributed by atoms with Crippen LogP contribution >= 0.6 is 0 Å². The van der Waals surface area contributed by atoms with Crippen LogP contribution in [0.15, 0.2) is 36.4 Å². The van der Waals surface area contributed by atoms with Crippen molar-refractivity contribution < 1.29 is 9.59 Å². The zero-order chi connectivity index (χ0) is 20.4. The molecule has 0 radical (unpaired) electrons. The highest BCUT2D eigenvalue weighted by Crippen LogP contribution is 2.65. The first-order valence-electron chi connectivity index (χ1n) is 11.4. The first-order valence-corrected chi connectivity index (χ1v) is 11.4. The van der Waals surface area contributed by atoms with Crippen LogP contribution in [0, 0.1) is 41.4 Å². The molecule has 3 nitrogen and oxygen atoms in total. The molecule has 3 fully saturated rings. The number of nitrogens with one attached hydrogen (secondary N) is 1. The van der Waals surface area contributed by atoms with E-state index in [4.69, 9.17) is 0 Å². The second kappa shape index (κ2) is 6.55. The van der Waals surface area contributed by atoms with E-state index in [1.165, 1.54) is 24.8 Å². The van der Waals surface area contributed by atoms with Crippen molar-refractivity contribution in [1.29, 1.82) is 0 Å². The molecular weight excluding hydrogens is 358 g/mol. The molecule has 7 atom stereocenters. The van der Waals surface area contributed by atoms with Crippen molar-refractivity contribution in [3.05, 3.63) is 47.5 Å². The van der Waals surface area contributed by atoms with Crippen LogP contribution in [0.2, 0.25) is 0 Å². The summed E-state index contributed by atoms with van der Waals surface area (Å²) in [6.45, 7) is 6.84. The smallest absolute Gasteiger partial charge is 0.243 e. The molecule has 1 heterocycles. The second-order valence-corrected chi connectivity index (χ2v) is 10.6. The molecular formula is C26H33NO2. The Kier molecular flexibility index (Phi) is 4.31. The van der Waals surface area contributed by atoms with Gasteiger partial charge in [0.05, 0.1) is 0 Å². The monoisotopic (exact) mass is 391 g/mol. The summed E-state index contributed by atoms with van der Waals surface area (Å²) >= 11 is 0. The van der Waals surface area contributed by atoms with Crippen LogP contribution in [0.1, 0.15) is 68.3 Å². The molecule has 4 aliphatic rings. The molecule has 3 heteroatoms. The Balaban J connectivity index is 1.42. The molecule has 0 saturated heterocycles. The van der Waals surface area contributed by atoms with Gasteiger partial charge < -0.3 is 5.32 Å². The highest BCUT2D eigenvalue weighted by Gasteiger charge is 2.60. The van der Waals surface area contributed by atoms with Crippen molar-refractivity contribution in [2.45, 2.75) is 65.3 Å². The van der Waals surface area contributed by atoms with Gasteiger partial charge in [-0.25, -0.2) is 0 Å². The topological polar surface area (TPSA) is 46.2 Å². The predicted octanol–water partition coefficient (Wildman–Crippen LogP) is 5.09. The van der Waals surface area contributed by atoms with E-state index in [1.54, 1.807) is 6.08 Å². The Labute approximate surface area is 174 Å². The number of ketones is 1. The van der Waals surface area contributed by atoms with E-state index in [0.717, 1.165) is 24.8 Å². The number of carbonyl (C=O) groups excluding carboxylic acids is 2. The summed E-state index contributed by atoms with van der Waals surface area (Å²) in [5.74, 6) is 2.50. The van der Waals surface area contributed by atoms with E-state index in [9.17, 15) is 9.59 Å². The van der Waals surface area contributed by atoms with Crippen molar-refractivity contribution >= 4 is 11.7 Å². The van der Waals surface area contributed by atoms with Gasteiger partial charge in [-0.15, -0.1) is 0 Å². The Morgan fingerprint density at radius 2 is 1.76 bits per heavy atom. The molecule has 1 aromatic rings. The fourth-order valence-electron chi connectivity index (χ4n) is 7.68. The third kappa shape index (κ3) is 2.76. The summed E-state index contributed by atoms with van der Waals surface area (Å²) in [6, 6.07) is 8.43. The second-order valence-electron chi connectivity index (χ2n) is 10.6. The molecule has 5 rings (SSSR count). The fraction of sp³-hybridized carbons (Fsp3) is 0.615. The Morgan fingerprint density at radius 1 is 1.00 bits per heavy atom. The highest BCUT2D eigenvalue weighted by atomic mass is 16.1. The maximum Gasteiger partial charge on any atom is 0.243 e. The number of benzene rings is 1. The minimum atomic E-state index is 0.0659. The van der Waals surface area contributed by atoms with Crippen molar-refractivity contribution in [3.8, 4) is 0 Å². The van der Waals surface area contributed by atoms with Crippen molar-refractivity contribution in [2.24, 2.45) is 34.5 Å². The van der Waals surface area contributed by atoms with Crippen LogP contribution in [0.25, 0.3) is 0 Å². The number of amides is 1. The maximum atomic E-state index is 13.4. The Morgan fingerprint density at radius 3 is 2.52 bits per heavy atom. The third-order valence-electron chi connectivity index (χ3n) is 9.34. The molecule has 29 heavy (non-hydrogen) atoms. The minimum Gasteiger partial charge on any atom is -0.349 e. The molecule has 3 saturated carbocycles. The molecule has 0 spiro atoms. The molecule has 1 aliphatic heterocycles. The van der Waals surface area contributed by atoms with Crippen molar-refractivity contribution in [3.63, 3.8) is 0 Å². The SMILES string of the molecule is Cc1ccc(C(=O)[C@H]2CC[C@H]3[C@@H]4CC[C@H]5NC(=O)C=C[C@]5(C)[C@H]4CC[C@]23C)cc1. The summed E-state index contributed by atoms with van der Waals surface area (Å²) in [4.78, 5) is 25.3. The number of hydrogen-bond acceptors (Lipinski definition) is 2. The van der Waals surface area contributed by atoms with Gasteiger partial charge in [0, 0.05) is 22.9 Å². The van der Waals surface area contributed by atoms with E-state index in [2.05, 4.69) is 44.3 Å². The van der Waals surface area contributed by atoms with Crippen LogP contribution in [-0.4, -0.2) is 17.7 Å². The molecule has 0 aromatic heterocycles. The zero-order valence-electron chi connectivity index (χ0n) is 17.9. The lowest BCUT2D eigenvalue weighted by atomic mass is 9.47. The largest absolute Gasteiger partial charge is 0.349 e. The minimum absolute atomic E-state index is 0.0659. The molecule has 154 valence electrons. The molecule has 0 unspecified atom stereocenters. The quantitative estimate of drug-likeness (QED) is 0.714. The van der Waals surface area contributed by atoms with Gasteiger partial charge in [-0.2, -0.15) is 0 Å². The predicted molar refractivity (Wildman–Crippen MR) is 114 cm³/mol. The summed E-state index contributed by atoms with van der Waals surface area (Å²) in [5, 5.41) is 3.23. The lowest BCUT2D eigenvalue weighted by Gasteiger charge is -2.58. The van der Waals surface area contributed by atoms with Crippen LogP contribution < -0.4 is 5.32 Å². The van der Waals surface area contributed by atoms with E-state index in [-0.39, 0.29) is 28.7 Å². The number of fused-ring (bicyclic) bond motifs is 5. The van der Waals surface area contributed by atoms with Gasteiger partial charge in [0.1, 0.15) is 0 Å². The van der Waals surface area contributed by atoms with Crippen molar-refractivity contribution in [1.82, 2.24) is 5.32 Å². The van der Waals surface area contributed by atoms with E-state index < -0.39 is 0 Å². The highest BCUT2D eigenvalue weighted by molar-refractivity contribution is 5.98. The first-order chi connectivity index (χ1) is 13.8. The molecule has 3 aliphatic carbocycles. The van der Waals surface area contributed by atoms with Gasteiger partial charge >= 0.3 is 0 Å². The van der Waals surface area contributed by atoms with Gasteiger partial charge in [0.15, 0.2) is 5.78 Å². The van der Waals surface area contributed by atoms with Crippen LogP contribution in [0.5, 0.6) is 0 Å². The van der Waals surface area contributed by atoms with Gasteiger partial charge in [0.25, 0.3) is 0 Å². The van der Waals surface area contributed by atoms with Gasteiger partial charge in [-0.3, -0.25) is 9.59 Å². The fourth-order valence-corrected chi connectivity index (χ4v) is 7.68. The van der Waals surface area contributed by atoms with Gasteiger partial charge in [0.2, 0.25) is 5.91 Å². The zero-order valence-corrected chi connectivity index (χ0v) is 17.9. The number of carbonyl (C=O) groups is 2. The Bertz CT molecular complexity index is 871. The molecule has 1 aromatic carbocycles. The Hall–Kier alpha value is -1.90. The number of aryl methyl sites for hydroxylation is 1. The van der Waals surface area contributed by atoms with Crippen molar-refractivity contribution in [2.75, 3.05) is 0 Å². The van der Waals surface area contributed by atoms with Gasteiger partial charge in [-0.1, -0.05) is 49.8 Å². The molecule has 1 N–H and O–H groups in total. The average molecular weight is 392 g/mol. The summed E-state index contributed by atoms with van der Waals surface area (Å²) in [5.41, 5.74) is 2.28. The summed E-state index contributed by atoms with van der Waals surface area (Å²) in [7, 11) is 0. The summed E-state index contributed by atoms with van der Waals surface area (Å²) < 4.78 is 0. The van der Waals surface area contributed by atoms with E-state index >= 15 is 0 Å². The lowest BCUT2D eigenvalue weighted by molar-refractivity contribution is -0.122. The maximum absolute atomic E-state index is 13.4. The van der Waals surface area contributed by atoms with Crippen LogP contribution in [0.4, 0.5) is 0 Å². The lowest BCUT2D eigenvalue weighted by Crippen LogP contribution is -2.59. The normalized spacial score (nSPS) is 43.1. The van der Waals surface area contributed by atoms with E-state index in [1.807, 2.05) is 12.1 Å². The van der Waals surface area contributed by atoms with Crippen LogP contribution in [-0.2, 0) is 4.79 Å². The molecule has 0 bridgehead atoms. The van der Waals surface area contributed by atoms with E-state index in [0.29, 0.717) is 23.5 Å².